The van der Waals surface area contributed by atoms with Crippen LogP contribution in [-0.4, -0.2) is 23.9 Å². The number of hydrogen-bond acceptors (Lipinski definition) is 3. The van der Waals surface area contributed by atoms with E-state index in [-0.39, 0.29) is 5.91 Å². The standard InChI is InChI=1S/C15H20N2OS/c1-4-12(5-2)17(3)15(18)14-9-10-8-11(16)6-7-13(10)19-14/h6-9,12H,4-5,16H2,1-3H3. The van der Waals surface area contributed by atoms with Crippen molar-refractivity contribution in [3.63, 3.8) is 0 Å². The number of carbonyl (C=O) groups excluding carboxylic acids is 1. The van der Waals surface area contributed by atoms with Gasteiger partial charge in [-0.05, 0) is 42.5 Å². The Morgan fingerprint density at radius 3 is 2.63 bits per heavy atom. The van der Waals surface area contributed by atoms with Crippen molar-refractivity contribution in [3.8, 4) is 0 Å². The summed E-state index contributed by atoms with van der Waals surface area (Å²) in [6.45, 7) is 4.23. The first kappa shape index (κ1) is 13.9. The molecule has 0 aliphatic carbocycles. The monoisotopic (exact) mass is 276 g/mol. The summed E-state index contributed by atoms with van der Waals surface area (Å²) in [5.41, 5.74) is 6.50. The van der Waals surface area contributed by atoms with Crippen molar-refractivity contribution in [2.24, 2.45) is 0 Å². The maximum absolute atomic E-state index is 12.5. The van der Waals surface area contributed by atoms with Crippen LogP contribution in [0.2, 0.25) is 0 Å². The van der Waals surface area contributed by atoms with Gasteiger partial charge in [-0.1, -0.05) is 13.8 Å². The molecule has 0 aliphatic heterocycles. The molecule has 1 aromatic heterocycles. The van der Waals surface area contributed by atoms with E-state index in [9.17, 15) is 4.79 Å². The molecule has 102 valence electrons. The van der Waals surface area contributed by atoms with Crippen LogP contribution in [0.3, 0.4) is 0 Å². The quantitative estimate of drug-likeness (QED) is 0.865. The van der Waals surface area contributed by atoms with Crippen LogP contribution in [0.5, 0.6) is 0 Å². The van der Waals surface area contributed by atoms with Crippen molar-refractivity contribution < 1.29 is 4.79 Å². The summed E-state index contributed by atoms with van der Waals surface area (Å²) in [4.78, 5) is 15.1. The third-order valence-corrected chi connectivity index (χ3v) is 4.67. The van der Waals surface area contributed by atoms with E-state index in [0.717, 1.165) is 33.5 Å². The fraction of sp³-hybridized carbons (Fsp3) is 0.400. The number of hydrogen-bond donors (Lipinski definition) is 1. The number of nitrogens with two attached hydrogens (primary N) is 1. The number of anilines is 1. The lowest BCUT2D eigenvalue weighted by atomic mass is 10.1. The molecule has 1 aromatic carbocycles. The Hall–Kier alpha value is -1.55. The second-order valence-corrected chi connectivity index (χ2v) is 5.88. The zero-order valence-electron chi connectivity index (χ0n) is 11.6. The topological polar surface area (TPSA) is 46.3 Å². The third-order valence-electron chi connectivity index (χ3n) is 3.56. The second-order valence-electron chi connectivity index (χ2n) is 4.79. The SMILES string of the molecule is CCC(CC)N(C)C(=O)c1cc2cc(N)ccc2s1. The van der Waals surface area contributed by atoms with Gasteiger partial charge in [-0.15, -0.1) is 11.3 Å². The number of nitrogens with zero attached hydrogens (tertiary/aromatic N) is 1. The maximum atomic E-state index is 12.5. The van der Waals surface area contributed by atoms with Gasteiger partial charge in [-0.25, -0.2) is 0 Å². The van der Waals surface area contributed by atoms with Gasteiger partial charge < -0.3 is 10.6 Å². The number of rotatable bonds is 4. The summed E-state index contributed by atoms with van der Waals surface area (Å²) < 4.78 is 1.11. The first-order chi connectivity index (χ1) is 9.06. The summed E-state index contributed by atoms with van der Waals surface area (Å²) in [5, 5.41) is 1.05. The van der Waals surface area contributed by atoms with E-state index in [1.807, 2.05) is 36.2 Å². The van der Waals surface area contributed by atoms with Crippen LogP contribution in [0.15, 0.2) is 24.3 Å². The molecule has 0 unspecified atom stereocenters. The number of benzene rings is 1. The highest BCUT2D eigenvalue weighted by Gasteiger charge is 2.20. The summed E-state index contributed by atoms with van der Waals surface area (Å²) >= 11 is 1.53. The molecule has 2 N–H and O–H groups in total. The van der Waals surface area contributed by atoms with Crippen molar-refractivity contribution in [2.45, 2.75) is 32.7 Å². The van der Waals surface area contributed by atoms with Crippen LogP contribution in [-0.2, 0) is 0 Å². The van der Waals surface area contributed by atoms with Crippen LogP contribution in [0.4, 0.5) is 5.69 Å². The Labute approximate surface area is 118 Å². The highest BCUT2D eigenvalue weighted by molar-refractivity contribution is 7.20. The molecular weight excluding hydrogens is 256 g/mol. The molecule has 1 amide bonds. The van der Waals surface area contributed by atoms with Crippen molar-refractivity contribution in [3.05, 3.63) is 29.1 Å². The average molecular weight is 276 g/mol. The smallest absolute Gasteiger partial charge is 0.263 e. The minimum absolute atomic E-state index is 0.105. The van der Waals surface area contributed by atoms with Crippen LogP contribution >= 0.6 is 11.3 Å². The van der Waals surface area contributed by atoms with Crippen LogP contribution in [0, 0.1) is 0 Å². The molecule has 2 rings (SSSR count). The molecule has 4 heteroatoms. The normalized spacial score (nSPS) is 11.2. The minimum Gasteiger partial charge on any atom is -0.399 e. The highest BCUT2D eigenvalue weighted by Crippen LogP contribution is 2.28. The molecule has 0 atom stereocenters. The molecule has 3 nitrogen and oxygen atoms in total. The van der Waals surface area contributed by atoms with Crippen molar-refractivity contribution in [1.82, 2.24) is 4.90 Å². The lowest BCUT2D eigenvalue weighted by Gasteiger charge is -2.25. The first-order valence-electron chi connectivity index (χ1n) is 6.63. The molecule has 0 spiro atoms. The molecule has 0 bridgehead atoms. The van der Waals surface area contributed by atoms with E-state index >= 15 is 0 Å². The largest absolute Gasteiger partial charge is 0.399 e. The first-order valence-corrected chi connectivity index (χ1v) is 7.44. The summed E-state index contributed by atoms with van der Waals surface area (Å²) in [6.07, 6.45) is 1.97. The number of carbonyl (C=O) groups is 1. The third kappa shape index (κ3) is 2.73. The second kappa shape index (κ2) is 5.61. The Morgan fingerprint density at radius 2 is 2.00 bits per heavy atom. The van der Waals surface area contributed by atoms with E-state index in [1.165, 1.54) is 11.3 Å². The number of amides is 1. The molecular formula is C15H20N2OS. The Bertz CT molecular complexity index is 587. The Morgan fingerprint density at radius 1 is 1.32 bits per heavy atom. The lowest BCUT2D eigenvalue weighted by Crippen LogP contribution is -2.35. The molecule has 0 saturated carbocycles. The molecule has 0 saturated heterocycles. The van der Waals surface area contributed by atoms with Crippen molar-refractivity contribution in [2.75, 3.05) is 12.8 Å². The summed E-state index contributed by atoms with van der Waals surface area (Å²) in [6, 6.07) is 8.01. The number of nitrogen functional groups attached to an aromatic ring is 1. The Balaban J connectivity index is 2.31. The van der Waals surface area contributed by atoms with E-state index in [4.69, 9.17) is 5.73 Å². The van der Waals surface area contributed by atoms with Gasteiger partial charge in [0.2, 0.25) is 0 Å². The molecule has 2 aromatic rings. The van der Waals surface area contributed by atoms with Gasteiger partial charge >= 0.3 is 0 Å². The van der Waals surface area contributed by atoms with Crippen LogP contribution < -0.4 is 5.73 Å². The molecule has 0 aliphatic rings. The van der Waals surface area contributed by atoms with Gasteiger partial charge in [0, 0.05) is 23.5 Å². The van der Waals surface area contributed by atoms with Gasteiger partial charge in [0.1, 0.15) is 0 Å². The summed E-state index contributed by atoms with van der Waals surface area (Å²) in [5.74, 6) is 0.105. The fourth-order valence-corrected chi connectivity index (χ4v) is 3.37. The predicted octanol–water partition coefficient (Wildman–Crippen LogP) is 3.74. The molecule has 0 radical (unpaired) electrons. The maximum Gasteiger partial charge on any atom is 0.263 e. The fourth-order valence-electron chi connectivity index (χ4n) is 2.34. The van der Waals surface area contributed by atoms with Gasteiger partial charge in [0.15, 0.2) is 0 Å². The van der Waals surface area contributed by atoms with Crippen LogP contribution in [0.25, 0.3) is 10.1 Å². The van der Waals surface area contributed by atoms with Gasteiger partial charge in [-0.3, -0.25) is 4.79 Å². The minimum atomic E-state index is 0.105. The van der Waals surface area contributed by atoms with E-state index < -0.39 is 0 Å². The van der Waals surface area contributed by atoms with E-state index in [1.54, 1.807) is 0 Å². The molecule has 19 heavy (non-hydrogen) atoms. The summed E-state index contributed by atoms with van der Waals surface area (Å²) in [7, 11) is 1.89. The van der Waals surface area contributed by atoms with Gasteiger partial charge in [-0.2, -0.15) is 0 Å². The average Bonchev–Trinajstić information content (AvgIpc) is 2.81. The van der Waals surface area contributed by atoms with Crippen molar-refractivity contribution >= 4 is 33.0 Å². The van der Waals surface area contributed by atoms with Gasteiger partial charge in [0.25, 0.3) is 5.91 Å². The van der Waals surface area contributed by atoms with E-state index in [2.05, 4.69) is 13.8 Å². The van der Waals surface area contributed by atoms with Crippen molar-refractivity contribution in [1.29, 1.82) is 0 Å². The molecule has 0 fully saturated rings. The number of thiophene rings is 1. The molecule has 1 heterocycles. The zero-order valence-corrected chi connectivity index (χ0v) is 12.5. The van der Waals surface area contributed by atoms with Crippen LogP contribution in [0.1, 0.15) is 36.4 Å². The predicted molar refractivity (Wildman–Crippen MR) is 82.7 cm³/mol. The van der Waals surface area contributed by atoms with Gasteiger partial charge in [0.05, 0.1) is 4.88 Å². The van der Waals surface area contributed by atoms with E-state index in [0.29, 0.717) is 6.04 Å². The highest BCUT2D eigenvalue weighted by atomic mass is 32.1. The number of fused-ring (bicyclic) bond motifs is 1. The lowest BCUT2D eigenvalue weighted by molar-refractivity contribution is 0.0728. The Kier molecular flexibility index (Phi) is 4.10. The zero-order chi connectivity index (χ0) is 14.0.